The summed E-state index contributed by atoms with van der Waals surface area (Å²) in [6.45, 7) is 1.58. The Balaban J connectivity index is 1.43. The summed E-state index contributed by atoms with van der Waals surface area (Å²) in [4.78, 5) is 32.5. The number of aromatic nitrogens is 1. The van der Waals surface area contributed by atoms with Crippen LogP contribution in [0.1, 0.15) is 23.0 Å². The summed E-state index contributed by atoms with van der Waals surface area (Å²) in [5.74, 6) is -0.245. The lowest BCUT2D eigenvalue weighted by Gasteiger charge is -2.32. The van der Waals surface area contributed by atoms with E-state index in [1.54, 1.807) is 12.1 Å². The number of hydrogen-bond acceptors (Lipinski definition) is 6. The predicted molar refractivity (Wildman–Crippen MR) is 114 cm³/mol. The Morgan fingerprint density at radius 3 is 2.69 bits per heavy atom. The molecular weight excluding hydrogens is 488 g/mol. The SMILES string of the molecule is [N-]=[N+]=NCCOCCOCCN1C(=O)N[C@H]2[C@@H]3NC(=O)c4ccc(Br)n4[C@@H]3C[C@]21N=[N+]=[N-]. The first-order chi connectivity index (χ1) is 15.5. The lowest BCUT2D eigenvalue weighted by molar-refractivity contribution is 0.0354. The largest absolute Gasteiger partial charge is 0.379 e. The van der Waals surface area contributed by atoms with Gasteiger partial charge in [0.15, 0.2) is 0 Å². The molecule has 170 valence electrons. The quantitative estimate of drug-likeness (QED) is 0.212. The topological polar surface area (TPSA) is 182 Å². The van der Waals surface area contributed by atoms with Crippen LogP contribution in [0.15, 0.2) is 27.0 Å². The second-order valence-electron chi connectivity index (χ2n) is 7.51. The van der Waals surface area contributed by atoms with Crippen molar-refractivity contribution in [1.82, 2.24) is 20.1 Å². The van der Waals surface area contributed by atoms with E-state index in [1.165, 1.54) is 4.90 Å². The van der Waals surface area contributed by atoms with Gasteiger partial charge in [0.05, 0.1) is 49.2 Å². The molecule has 2 fully saturated rings. The van der Waals surface area contributed by atoms with Crippen LogP contribution in [0, 0.1) is 0 Å². The van der Waals surface area contributed by atoms with Gasteiger partial charge in [0.2, 0.25) is 0 Å². The smallest absolute Gasteiger partial charge is 0.318 e. The van der Waals surface area contributed by atoms with Crippen molar-refractivity contribution in [3.63, 3.8) is 0 Å². The van der Waals surface area contributed by atoms with Gasteiger partial charge in [-0.15, -0.1) is 0 Å². The van der Waals surface area contributed by atoms with Crippen LogP contribution in [0.5, 0.6) is 0 Å². The zero-order chi connectivity index (χ0) is 22.7. The molecule has 2 aliphatic heterocycles. The molecule has 2 N–H and O–H groups in total. The lowest BCUT2D eigenvalue weighted by atomic mass is 10.0. The van der Waals surface area contributed by atoms with Crippen LogP contribution in [-0.4, -0.2) is 78.7 Å². The maximum absolute atomic E-state index is 12.7. The molecule has 3 amide bonds. The average Bonchev–Trinajstić information content (AvgIpc) is 3.37. The number of carbonyl (C=O) groups is 2. The van der Waals surface area contributed by atoms with Crippen LogP contribution in [-0.2, 0) is 9.47 Å². The highest BCUT2D eigenvalue weighted by molar-refractivity contribution is 9.10. The van der Waals surface area contributed by atoms with Crippen molar-refractivity contribution < 1.29 is 19.1 Å². The van der Waals surface area contributed by atoms with Crippen molar-refractivity contribution in [2.45, 2.75) is 30.2 Å². The number of halogens is 1. The minimum atomic E-state index is -1.17. The van der Waals surface area contributed by atoms with Gasteiger partial charge in [-0.05, 0) is 39.1 Å². The molecule has 0 bridgehead atoms. The van der Waals surface area contributed by atoms with E-state index in [2.05, 4.69) is 46.6 Å². The molecule has 1 saturated heterocycles. The van der Waals surface area contributed by atoms with E-state index in [0.29, 0.717) is 31.9 Å². The Labute approximate surface area is 190 Å². The summed E-state index contributed by atoms with van der Waals surface area (Å²) in [6, 6.07) is 1.95. The molecule has 14 nitrogen and oxygen atoms in total. The third-order valence-electron chi connectivity index (χ3n) is 5.95. The maximum Gasteiger partial charge on any atom is 0.318 e. The van der Waals surface area contributed by atoms with Gasteiger partial charge in [0.1, 0.15) is 11.4 Å². The Bertz CT molecular complexity index is 1000. The lowest BCUT2D eigenvalue weighted by Crippen LogP contribution is -2.56. The van der Waals surface area contributed by atoms with Crippen LogP contribution in [0.4, 0.5) is 4.79 Å². The number of carbonyl (C=O) groups excluding carboxylic acids is 2. The van der Waals surface area contributed by atoms with Crippen LogP contribution < -0.4 is 10.6 Å². The summed E-state index contributed by atoms with van der Waals surface area (Å²) >= 11 is 3.49. The molecule has 0 unspecified atom stereocenters. The maximum atomic E-state index is 12.7. The highest BCUT2D eigenvalue weighted by Gasteiger charge is 2.64. The van der Waals surface area contributed by atoms with Crippen LogP contribution in [0.2, 0.25) is 0 Å². The van der Waals surface area contributed by atoms with Gasteiger partial charge in [-0.25, -0.2) is 4.79 Å². The van der Waals surface area contributed by atoms with E-state index in [9.17, 15) is 15.1 Å². The molecule has 0 radical (unpaired) electrons. The van der Waals surface area contributed by atoms with Gasteiger partial charge in [0.25, 0.3) is 5.91 Å². The van der Waals surface area contributed by atoms with E-state index in [1.807, 2.05) is 4.57 Å². The van der Waals surface area contributed by atoms with Gasteiger partial charge in [-0.1, -0.05) is 10.2 Å². The van der Waals surface area contributed by atoms with Crippen molar-refractivity contribution in [3.05, 3.63) is 43.3 Å². The first-order valence-electron chi connectivity index (χ1n) is 10.0. The van der Waals surface area contributed by atoms with Crippen molar-refractivity contribution in [1.29, 1.82) is 0 Å². The predicted octanol–water partition coefficient (Wildman–Crippen LogP) is 2.05. The van der Waals surface area contributed by atoms with Crippen LogP contribution in [0.3, 0.4) is 0 Å². The molecule has 3 aliphatic rings. The molecule has 4 rings (SSSR count). The number of urea groups is 1. The molecule has 4 atom stereocenters. The number of rotatable bonds is 10. The molecule has 1 aromatic rings. The highest BCUT2D eigenvalue weighted by atomic mass is 79.9. The van der Waals surface area contributed by atoms with E-state index >= 15 is 0 Å². The Hall–Kier alpha value is -2.96. The highest BCUT2D eigenvalue weighted by Crippen LogP contribution is 2.49. The Kier molecular flexibility index (Phi) is 6.44. The number of nitrogens with zero attached hydrogens (tertiary/aromatic N) is 8. The molecule has 15 heteroatoms. The number of nitrogens with one attached hydrogen (secondary N) is 2. The molecule has 1 aliphatic carbocycles. The Morgan fingerprint density at radius 2 is 1.94 bits per heavy atom. The van der Waals surface area contributed by atoms with E-state index in [-0.39, 0.29) is 37.7 Å². The molecule has 32 heavy (non-hydrogen) atoms. The summed E-state index contributed by atoms with van der Waals surface area (Å²) in [5, 5.41) is 13.3. The second kappa shape index (κ2) is 9.27. The summed E-state index contributed by atoms with van der Waals surface area (Å²) in [6.07, 6.45) is 0.341. The number of hydrogen-bond donors (Lipinski definition) is 2. The zero-order valence-electron chi connectivity index (χ0n) is 16.9. The van der Waals surface area contributed by atoms with Crippen LogP contribution >= 0.6 is 15.9 Å². The molecule has 1 saturated carbocycles. The fraction of sp³-hybridized carbons (Fsp3) is 0.647. The normalized spacial score (nSPS) is 27.5. The van der Waals surface area contributed by atoms with Gasteiger partial charge in [-0.3, -0.25) is 4.79 Å². The number of fused-ring (bicyclic) bond motifs is 5. The van der Waals surface area contributed by atoms with Gasteiger partial charge in [-0.2, -0.15) is 0 Å². The Morgan fingerprint density at radius 1 is 1.16 bits per heavy atom. The average molecular weight is 509 g/mol. The van der Waals surface area contributed by atoms with Crippen molar-refractivity contribution in [2.24, 2.45) is 10.2 Å². The molecule has 0 spiro atoms. The van der Waals surface area contributed by atoms with E-state index in [0.717, 1.165) is 4.60 Å². The number of amides is 3. The van der Waals surface area contributed by atoms with Crippen molar-refractivity contribution in [3.8, 4) is 0 Å². The van der Waals surface area contributed by atoms with Gasteiger partial charge < -0.3 is 29.6 Å². The number of azide groups is 2. The summed E-state index contributed by atoms with van der Waals surface area (Å²) in [7, 11) is 0. The molecule has 3 heterocycles. The minimum Gasteiger partial charge on any atom is -0.379 e. The van der Waals surface area contributed by atoms with Crippen molar-refractivity contribution >= 4 is 27.9 Å². The van der Waals surface area contributed by atoms with Crippen LogP contribution in [0.25, 0.3) is 20.9 Å². The van der Waals surface area contributed by atoms with Crippen molar-refractivity contribution in [2.75, 3.05) is 39.5 Å². The minimum absolute atomic E-state index is 0.198. The third kappa shape index (κ3) is 3.74. The van der Waals surface area contributed by atoms with E-state index in [4.69, 9.17) is 15.0 Å². The monoisotopic (exact) mass is 508 g/mol. The first kappa shape index (κ1) is 22.2. The zero-order valence-corrected chi connectivity index (χ0v) is 18.5. The molecule has 1 aromatic heterocycles. The standard InChI is InChI=1S/C17H21BrN10O4/c18-12-2-1-10-15(29)22-13-11(28(10)12)9-17(24-26-20)14(13)23-16(30)27(17)4-6-32-8-7-31-5-3-21-25-19/h1-2,11,13-14H,3-9H2,(H,22,29)(H,23,30)/t11-,13-,14+,17-/m1/s1. The molecule has 0 aromatic carbocycles. The van der Waals surface area contributed by atoms with Gasteiger partial charge in [0, 0.05) is 29.3 Å². The first-order valence-corrected chi connectivity index (χ1v) is 10.8. The number of ether oxygens (including phenoxy) is 2. The third-order valence-corrected chi connectivity index (χ3v) is 6.60. The summed E-state index contributed by atoms with van der Waals surface area (Å²) < 4.78 is 13.4. The van der Waals surface area contributed by atoms with Gasteiger partial charge >= 0.3 is 6.03 Å². The fourth-order valence-corrected chi connectivity index (χ4v) is 5.29. The second-order valence-corrected chi connectivity index (χ2v) is 8.32. The fourth-order valence-electron chi connectivity index (χ4n) is 4.70. The van der Waals surface area contributed by atoms with E-state index < -0.39 is 17.7 Å². The summed E-state index contributed by atoms with van der Waals surface area (Å²) in [5.41, 5.74) is 16.9. The molecular formula is C17H21BrN10O4.